The zero-order chi connectivity index (χ0) is 22.9. The number of carbonyl (C=O) groups is 1. The standard InChI is InChI=1S/C23H25F4N3O2/c1-21(24)12-22(21)10-15(11-22)20(31)28-19-17(13-4-3-5-13)18(30(2)29-19)14-6-8-16(9-7-14)32-23(25,26)27/h6-9,13,15H,3-5,10-12H2,1-2H3,(H,28,29,31). The highest BCUT2D eigenvalue weighted by Gasteiger charge is 2.71. The monoisotopic (exact) mass is 451 g/mol. The normalized spacial score (nSPS) is 29.4. The molecule has 1 amide bonds. The van der Waals surface area contributed by atoms with Crippen LogP contribution in [0.25, 0.3) is 11.3 Å². The molecule has 3 aliphatic rings. The average Bonchev–Trinajstić information content (AvgIpc) is 3.07. The summed E-state index contributed by atoms with van der Waals surface area (Å²) in [6, 6.07) is 5.68. The van der Waals surface area contributed by atoms with E-state index in [1.54, 1.807) is 30.8 Å². The van der Waals surface area contributed by atoms with Crippen molar-refractivity contribution < 1.29 is 27.1 Å². The first kappa shape index (κ1) is 21.3. The number of alkyl halides is 4. The highest BCUT2D eigenvalue weighted by Crippen LogP contribution is 2.71. The predicted molar refractivity (Wildman–Crippen MR) is 110 cm³/mol. The van der Waals surface area contributed by atoms with Gasteiger partial charge in [0.25, 0.3) is 0 Å². The average molecular weight is 451 g/mol. The molecular weight excluding hydrogens is 426 g/mol. The van der Waals surface area contributed by atoms with Crippen LogP contribution >= 0.6 is 0 Å². The Morgan fingerprint density at radius 3 is 2.34 bits per heavy atom. The van der Waals surface area contributed by atoms with E-state index in [-0.39, 0.29) is 28.9 Å². The lowest BCUT2D eigenvalue weighted by molar-refractivity contribution is -0.274. The van der Waals surface area contributed by atoms with Crippen molar-refractivity contribution in [1.82, 2.24) is 9.78 Å². The van der Waals surface area contributed by atoms with Crippen LogP contribution in [-0.4, -0.2) is 27.7 Å². The minimum absolute atomic E-state index is 0.141. The number of hydrogen-bond acceptors (Lipinski definition) is 3. The van der Waals surface area contributed by atoms with Crippen molar-refractivity contribution in [2.45, 2.75) is 63.4 Å². The fourth-order valence-electron chi connectivity index (χ4n) is 5.32. The number of aromatic nitrogens is 2. The maximum atomic E-state index is 14.1. The Morgan fingerprint density at radius 1 is 1.22 bits per heavy atom. The van der Waals surface area contributed by atoms with E-state index in [0.717, 1.165) is 30.5 Å². The van der Waals surface area contributed by atoms with Crippen molar-refractivity contribution in [2.24, 2.45) is 18.4 Å². The number of carbonyl (C=O) groups excluding carboxylic acids is 1. The summed E-state index contributed by atoms with van der Waals surface area (Å²) in [4.78, 5) is 12.8. The minimum Gasteiger partial charge on any atom is -0.406 e. The van der Waals surface area contributed by atoms with Gasteiger partial charge in [0.2, 0.25) is 5.91 Å². The molecule has 2 aromatic rings. The number of benzene rings is 1. The number of amides is 1. The first-order chi connectivity index (χ1) is 15.0. The largest absolute Gasteiger partial charge is 0.573 e. The van der Waals surface area contributed by atoms with E-state index >= 15 is 0 Å². The zero-order valence-corrected chi connectivity index (χ0v) is 17.9. The van der Waals surface area contributed by atoms with Crippen LogP contribution < -0.4 is 10.1 Å². The summed E-state index contributed by atoms with van der Waals surface area (Å²) in [5.41, 5.74) is 0.910. The Balaban J connectivity index is 1.38. The van der Waals surface area contributed by atoms with Crippen LogP contribution in [-0.2, 0) is 11.8 Å². The molecule has 3 fully saturated rings. The van der Waals surface area contributed by atoms with Crippen LogP contribution in [0.1, 0.15) is 56.9 Å². The van der Waals surface area contributed by atoms with Gasteiger partial charge in [-0.2, -0.15) is 5.10 Å². The Kier molecular flexibility index (Phi) is 4.63. The van der Waals surface area contributed by atoms with Gasteiger partial charge in [-0.15, -0.1) is 13.2 Å². The third kappa shape index (κ3) is 3.55. The van der Waals surface area contributed by atoms with Crippen molar-refractivity contribution in [3.63, 3.8) is 0 Å². The van der Waals surface area contributed by atoms with Gasteiger partial charge in [0.05, 0.1) is 5.69 Å². The molecule has 1 aromatic carbocycles. The van der Waals surface area contributed by atoms with E-state index < -0.39 is 12.0 Å². The lowest BCUT2D eigenvalue weighted by Gasteiger charge is -2.36. The molecule has 0 bridgehead atoms. The number of ether oxygens (including phenoxy) is 1. The third-order valence-corrected chi connectivity index (χ3v) is 7.50. The summed E-state index contributed by atoms with van der Waals surface area (Å²) >= 11 is 0. The first-order valence-electron chi connectivity index (χ1n) is 10.9. The molecule has 0 aliphatic heterocycles. The van der Waals surface area contributed by atoms with Crippen LogP contribution in [0, 0.1) is 11.3 Å². The summed E-state index contributed by atoms with van der Waals surface area (Å²) in [6.07, 6.45) is -0.102. The molecule has 5 nitrogen and oxygen atoms in total. The molecule has 32 heavy (non-hydrogen) atoms. The topological polar surface area (TPSA) is 56.2 Å². The zero-order valence-electron chi connectivity index (χ0n) is 17.9. The predicted octanol–water partition coefficient (Wildman–Crippen LogP) is 5.72. The molecular formula is C23H25F4N3O2. The fraction of sp³-hybridized carbons (Fsp3) is 0.565. The van der Waals surface area contributed by atoms with Gasteiger partial charge in [-0.1, -0.05) is 6.42 Å². The molecule has 1 aromatic heterocycles. The van der Waals surface area contributed by atoms with Gasteiger partial charge in [-0.25, -0.2) is 4.39 Å². The molecule has 0 radical (unpaired) electrons. The maximum Gasteiger partial charge on any atom is 0.573 e. The molecule has 172 valence electrons. The second kappa shape index (κ2) is 6.96. The molecule has 3 saturated carbocycles. The van der Waals surface area contributed by atoms with E-state index in [9.17, 15) is 22.4 Å². The second-order valence-electron chi connectivity index (χ2n) is 9.68. The van der Waals surface area contributed by atoms with E-state index in [4.69, 9.17) is 0 Å². The summed E-state index contributed by atoms with van der Waals surface area (Å²) in [5, 5.41) is 7.49. The molecule has 9 heteroatoms. The fourth-order valence-corrected chi connectivity index (χ4v) is 5.32. The number of aryl methyl sites for hydroxylation is 1. The van der Waals surface area contributed by atoms with E-state index in [0.29, 0.717) is 30.6 Å². The highest BCUT2D eigenvalue weighted by atomic mass is 19.4. The van der Waals surface area contributed by atoms with Crippen LogP contribution in [0.15, 0.2) is 24.3 Å². The third-order valence-electron chi connectivity index (χ3n) is 7.50. The van der Waals surface area contributed by atoms with Crippen LogP contribution in [0.3, 0.4) is 0 Å². The molecule has 1 spiro atoms. The van der Waals surface area contributed by atoms with Gasteiger partial charge in [0, 0.05) is 29.5 Å². The first-order valence-corrected chi connectivity index (χ1v) is 10.9. The van der Waals surface area contributed by atoms with Crippen LogP contribution in [0.5, 0.6) is 5.75 Å². The Morgan fingerprint density at radius 2 is 1.84 bits per heavy atom. The Bertz CT molecular complexity index is 1050. The summed E-state index contributed by atoms with van der Waals surface area (Å²) in [7, 11) is 1.75. The van der Waals surface area contributed by atoms with Gasteiger partial charge in [0.15, 0.2) is 5.82 Å². The quantitative estimate of drug-likeness (QED) is 0.592. The number of nitrogens with one attached hydrogen (secondary N) is 1. The van der Waals surface area contributed by atoms with Gasteiger partial charge < -0.3 is 10.1 Å². The molecule has 1 N–H and O–H groups in total. The van der Waals surface area contributed by atoms with E-state index in [1.165, 1.54) is 12.1 Å². The summed E-state index contributed by atoms with van der Waals surface area (Å²) < 4.78 is 57.2. The van der Waals surface area contributed by atoms with Crippen molar-refractivity contribution in [3.05, 3.63) is 29.8 Å². The van der Waals surface area contributed by atoms with Gasteiger partial charge in [-0.3, -0.25) is 9.48 Å². The molecule has 1 heterocycles. The van der Waals surface area contributed by atoms with Crippen LogP contribution in [0.2, 0.25) is 0 Å². The summed E-state index contributed by atoms with van der Waals surface area (Å²) in [6.45, 7) is 1.60. The Labute approximate surface area is 183 Å². The van der Waals surface area contributed by atoms with Gasteiger partial charge in [-0.05, 0) is 69.2 Å². The number of halogens is 4. The molecule has 3 aliphatic carbocycles. The molecule has 5 rings (SSSR count). The van der Waals surface area contributed by atoms with E-state index in [2.05, 4.69) is 15.2 Å². The lowest BCUT2D eigenvalue weighted by Crippen LogP contribution is -2.39. The maximum absolute atomic E-state index is 14.1. The van der Waals surface area contributed by atoms with Crippen molar-refractivity contribution in [3.8, 4) is 17.0 Å². The lowest BCUT2D eigenvalue weighted by atomic mass is 9.69. The second-order valence-corrected chi connectivity index (χ2v) is 9.68. The van der Waals surface area contributed by atoms with Gasteiger partial charge >= 0.3 is 6.36 Å². The minimum atomic E-state index is -4.75. The highest BCUT2D eigenvalue weighted by molar-refractivity contribution is 5.94. The molecule has 1 atom stereocenters. The number of anilines is 1. The molecule has 0 saturated heterocycles. The number of hydrogen-bond donors (Lipinski definition) is 1. The van der Waals surface area contributed by atoms with Crippen molar-refractivity contribution in [1.29, 1.82) is 0 Å². The Hall–Kier alpha value is -2.58. The van der Waals surface area contributed by atoms with Crippen molar-refractivity contribution >= 4 is 11.7 Å². The smallest absolute Gasteiger partial charge is 0.406 e. The molecule has 1 unspecified atom stereocenters. The van der Waals surface area contributed by atoms with Crippen molar-refractivity contribution in [2.75, 3.05) is 5.32 Å². The number of rotatable bonds is 5. The number of nitrogens with zero attached hydrogens (tertiary/aromatic N) is 2. The van der Waals surface area contributed by atoms with Crippen LogP contribution in [0.4, 0.5) is 23.4 Å². The summed E-state index contributed by atoms with van der Waals surface area (Å²) in [5.74, 6) is 0.0718. The SMILES string of the molecule is Cn1nc(NC(=O)C2CC3(C2)CC3(C)F)c(C2CCC2)c1-c1ccc(OC(F)(F)F)cc1. The van der Waals surface area contributed by atoms with E-state index in [1.807, 2.05) is 0 Å². The van der Waals surface area contributed by atoms with Gasteiger partial charge in [0.1, 0.15) is 11.4 Å².